The highest BCUT2D eigenvalue weighted by molar-refractivity contribution is 7.99. The molecule has 1 amide bonds. The van der Waals surface area contributed by atoms with Crippen molar-refractivity contribution in [3.63, 3.8) is 0 Å². The lowest BCUT2D eigenvalue weighted by molar-refractivity contribution is -0.135. The molecule has 1 heterocycles. The van der Waals surface area contributed by atoms with Crippen LogP contribution in [0, 0.1) is 0 Å². The number of hydrazine groups is 1. The van der Waals surface area contributed by atoms with Gasteiger partial charge in [-0.2, -0.15) is 0 Å². The third-order valence-corrected chi connectivity index (χ3v) is 2.99. The van der Waals surface area contributed by atoms with Gasteiger partial charge in [-0.15, -0.1) is 11.8 Å². The fourth-order valence-corrected chi connectivity index (χ4v) is 1.70. The van der Waals surface area contributed by atoms with E-state index < -0.39 is 0 Å². The number of amides is 1. The Morgan fingerprint density at radius 2 is 2.27 bits per heavy atom. The second-order valence-electron chi connectivity index (χ2n) is 2.67. The minimum Gasteiger partial charge on any atom is -0.277 e. The summed E-state index contributed by atoms with van der Waals surface area (Å²) in [7, 11) is 1.84. The minimum atomic E-state index is 0.228. The Balaban J connectivity index is 2.54. The lowest BCUT2D eigenvalue weighted by Crippen LogP contribution is -2.40. The summed E-state index contributed by atoms with van der Waals surface area (Å²) in [5.74, 6) is 0.228. The van der Waals surface area contributed by atoms with Crippen molar-refractivity contribution >= 4 is 17.7 Å². The third kappa shape index (κ3) is 1.68. The normalized spacial score (nSPS) is 22.8. The van der Waals surface area contributed by atoms with E-state index in [1.165, 1.54) is 0 Å². The molecule has 4 heteroatoms. The van der Waals surface area contributed by atoms with Crippen LogP contribution in [0.1, 0.15) is 13.3 Å². The molecular weight excluding hydrogens is 160 g/mol. The Labute approximate surface area is 71.7 Å². The van der Waals surface area contributed by atoms with E-state index in [0.717, 1.165) is 6.54 Å². The summed E-state index contributed by atoms with van der Waals surface area (Å²) in [6, 6.07) is 0. The van der Waals surface area contributed by atoms with E-state index in [9.17, 15) is 4.79 Å². The van der Waals surface area contributed by atoms with E-state index in [1.54, 1.807) is 16.8 Å². The van der Waals surface area contributed by atoms with Crippen LogP contribution in [-0.2, 0) is 4.79 Å². The molecule has 0 aromatic rings. The molecule has 0 bridgehead atoms. The second kappa shape index (κ2) is 3.45. The van der Waals surface area contributed by atoms with Crippen LogP contribution in [0.15, 0.2) is 0 Å². The van der Waals surface area contributed by atoms with Crippen molar-refractivity contribution in [1.29, 1.82) is 0 Å². The average Bonchev–Trinajstić information content (AvgIpc) is 2.32. The van der Waals surface area contributed by atoms with Gasteiger partial charge < -0.3 is 0 Å². The Bertz CT molecular complexity index is 163. The van der Waals surface area contributed by atoms with E-state index >= 15 is 0 Å². The first-order valence-electron chi connectivity index (χ1n) is 3.72. The Morgan fingerprint density at radius 1 is 1.64 bits per heavy atom. The van der Waals surface area contributed by atoms with Crippen LogP contribution < -0.4 is 0 Å². The highest BCUT2D eigenvalue weighted by atomic mass is 32.2. The molecule has 1 rings (SSSR count). The summed E-state index contributed by atoms with van der Waals surface area (Å²) in [5.41, 5.74) is 0. The van der Waals surface area contributed by atoms with Gasteiger partial charge in [0, 0.05) is 20.0 Å². The quantitative estimate of drug-likeness (QED) is 0.618. The molecule has 0 spiro atoms. The van der Waals surface area contributed by atoms with Crippen LogP contribution in [0.4, 0.5) is 0 Å². The lowest BCUT2D eigenvalue weighted by Gasteiger charge is -2.28. The summed E-state index contributed by atoms with van der Waals surface area (Å²) in [6.07, 6.45) is 2.72. The van der Waals surface area contributed by atoms with Crippen molar-refractivity contribution in [2.24, 2.45) is 0 Å². The molecule has 1 unspecified atom stereocenters. The first kappa shape index (κ1) is 8.87. The van der Waals surface area contributed by atoms with Crippen molar-refractivity contribution < 1.29 is 4.79 Å². The van der Waals surface area contributed by atoms with Crippen molar-refractivity contribution in [2.45, 2.75) is 18.7 Å². The van der Waals surface area contributed by atoms with Crippen LogP contribution in [0.25, 0.3) is 0 Å². The van der Waals surface area contributed by atoms with E-state index in [0.29, 0.717) is 11.8 Å². The Morgan fingerprint density at radius 3 is 2.64 bits per heavy atom. The average molecular weight is 174 g/mol. The standard InChI is InChI=1S/C7H14N2OS/c1-6(11-3)9-5-4-7(10)8(9)2/h6H,4-5H2,1-3H3. The van der Waals surface area contributed by atoms with E-state index in [-0.39, 0.29) is 5.91 Å². The van der Waals surface area contributed by atoms with Crippen LogP contribution in [-0.4, -0.2) is 41.1 Å². The van der Waals surface area contributed by atoms with Gasteiger partial charge in [-0.05, 0) is 13.2 Å². The van der Waals surface area contributed by atoms with Crippen LogP contribution >= 0.6 is 11.8 Å². The summed E-state index contributed by atoms with van der Waals surface area (Å²) in [4.78, 5) is 11.1. The van der Waals surface area contributed by atoms with Crippen LogP contribution in [0.3, 0.4) is 0 Å². The number of rotatable bonds is 2. The van der Waals surface area contributed by atoms with Gasteiger partial charge in [-0.1, -0.05) is 0 Å². The number of carbonyl (C=O) groups excluding carboxylic acids is 1. The molecule has 1 fully saturated rings. The van der Waals surface area contributed by atoms with E-state index in [1.807, 2.05) is 7.05 Å². The molecule has 0 aromatic carbocycles. The first-order valence-corrected chi connectivity index (χ1v) is 5.01. The summed E-state index contributed by atoms with van der Waals surface area (Å²) in [6.45, 7) is 2.98. The molecule has 0 N–H and O–H groups in total. The molecule has 1 saturated heterocycles. The smallest absolute Gasteiger partial charge is 0.237 e. The Hall–Kier alpha value is -0.220. The topological polar surface area (TPSA) is 23.6 Å². The molecule has 0 aliphatic carbocycles. The van der Waals surface area contributed by atoms with Crippen LogP contribution in [0.5, 0.6) is 0 Å². The summed E-state index contributed by atoms with van der Waals surface area (Å²) >= 11 is 1.76. The van der Waals surface area contributed by atoms with E-state index in [2.05, 4.69) is 18.2 Å². The molecule has 64 valence electrons. The number of hydrogen-bond acceptors (Lipinski definition) is 3. The van der Waals surface area contributed by atoms with Gasteiger partial charge in [0.1, 0.15) is 0 Å². The molecule has 1 aliphatic heterocycles. The predicted octanol–water partition coefficient (Wildman–Crippen LogP) is 0.774. The van der Waals surface area contributed by atoms with Gasteiger partial charge in [0.05, 0.1) is 5.37 Å². The number of hydrogen-bond donors (Lipinski definition) is 0. The van der Waals surface area contributed by atoms with Crippen LogP contribution in [0.2, 0.25) is 0 Å². The van der Waals surface area contributed by atoms with Gasteiger partial charge in [0.2, 0.25) is 5.91 Å². The molecule has 0 radical (unpaired) electrons. The predicted molar refractivity (Wildman–Crippen MR) is 47.1 cm³/mol. The zero-order chi connectivity index (χ0) is 8.43. The highest BCUT2D eigenvalue weighted by Gasteiger charge is 2.28. The lowest BCUT2D eigenvalue weighted by atomic mass is 10.4. The van der Waals surface area contributed by atoms with Gasteiger partial charge in [0.25, 0.3) is 0 Å². The molecule has 1 atom stereocenters. The first-order chi connectivity index (χ1) is 5.16. The number of carbonyl (C=O) groups is 1. The number of thioether (sulfide) groups is 1. The molecule has 0 aromatic heterocycles. The Kier molecular flexibility index (Phi) is 2.78. The SMILES string of the molecule is CSC(C)N1CCC(=O)N1C. The van der Waals surface area contributed by atoms with Gasteiger partial charge in [0.15, 0.2) is 0 Å². The maximum absolute atomic E-state index is 11.1. The molecule has 11 heavy (non-hydrogen) atoms. The monoisotopic (exact) mass is 174 g/mol. The fraction of sp³-hybridized carbons (Fsp3) is 0.857. The molecule has 3 nitrogen and oxygen atoms in total. The fourth-order valence-electron chi connectivity index (χ4n) is 1.21. The largest absolute Gasteiger partial charge is 0.277 e. The zero-order valence-corrected chi connectivity index (χ0v) is 8.02. The van der Waals surface area contributed by atoms with E-state index in [4.69, 9.17) is 0 Å². The summed E-state index contributed by atoms with van der Waals surface area (Å²) in [5, 5.41) is 4.22. The molecule has 1 aliphatic rings. The second-order valence-corrected chi connectivity index (χ2v) is 3.82. The maximum atomic E-state index is 11.1. The van der Waals surface area contributed by atoms with Gasteiger partial charge >= 0.3 is 0 Å². The highest BCUT2D eigenvalue weighted by Crippen LogP contribution is 2.19. The van der Waals surface area contributed by atoms with Crippen molar-refractivity contribution in [3.8, 4) is 0 Å². The third-order valence-electron chi connectivity index (χ3n) is 2.06. The maximum Gasteiger partial charge on any atom is 0.237 e. The summed E-state index contributed by atoms with van der Waals surface area (Å²) < 4.78 is 0. The van der Waals surface area contributed by atoms with Gasteiger partial charge in [-0.25, -0.2) is 5.01 Å². The minimum absolute atomic E-state index is 0.228. The van der Waals surface area contributed by atoms with Crippen molar-refractivity contribution in [3.05, 3.63) is 0 Å². The number of nitrogens with zero attached hydrogens (tertiary/aromatic N) is 2. The van der Waals surface area contributed by atoms with Crippen molar-refractivity contribution in [1.82, 2.24) is 10.0 Å². The zero-order valence-electron chi connectivity index (χ0n) is 7.20. The van der Waals surface area contributed by atoms with Gasteiger partial charge in [-0.3, -0.25) is 9.80 Å². The molecular formula is C7H14N2OS. The van der Waals surface area contributed by atoms with Crippen molar-refractivity contribution in [2.75, 3.05) is 19.8 Å². The molecule has 0 saturated carbocycles.